The smallest absolute Gasteiger partial charge is 0.194 e. The molecule has 3 rings (SSSR count). The highest BCUT2D eigenvalue weighted by molar-refractivity contribution is 14.0. The number of rotatable bonds is 10. The van der Waals surface area contributed by atoms with Crippen molar-refractivity contribution >= 4 is 41.3 Å². The van der Waals surface area contributed by atoms with Crippen molar-refractivity contribution in [2.45, 2.75) is 46.0 Å². The van der Waals surface area contributed by atoms with Gasteiger partial charge in [0, 0.05) is 45.0 Å². The first-order valence-electron chi connectivity index (χ1n) is 10.6. The van der Waals surface area contributed by atoms with Gasteiger partial charge in [-0.05, 0) is 25.8 Å². The molecule has 32 heavy (non-hydrogen) atoms. The summed E-state index contributed by atoms with van der Waals surface area (Å²) in [6.07, 6.45) is 4.86. The lowest BCUT2D eigenvalue weighted by atomic mass is 10.1. The average Bonchev–Trinajstić information content (AvgIpc) is 3.44. The Morgan fingerprint density at radius 3 is 2.81 bits per heavy atom. The predicted molar refractivity (Wildman–Crippen MR) is 142 cm³/mol. The number of aryl methyl sites for hydroxylation is 2. The molecule has 174 valence electrons. The second-order valence-corrected chi connectivity index (χ2v) is 8.24. The highest BCUT2D eigenvalue weighted by atomic mass is 127. The second-order valence-electron chi connectivity index (χ2n) is 7.35. The summed E-state index contributed by atoms with van der Waals surface area (Å²) in [6.45, 7) is 6.98. The number of guanidine groups is 1. The quantitative estimate of drug-likeness (QED) is 0.222. The van der Waals surface area contributed by atoms with E-state index in [4.69, 9.17) is 14.7 Å². The number of aliphatic imine (C=N–C) groups is 1. The van der Waals surface area contributed by atoms with Crippen LogP contribution >= 0.6 is 35.3 Å². The van der Waals surface area contributed by atoms with Crippen LogP contribution in [0.4, 0.5) is 0 Å². The van der Waals surface area contributed by atoms with Crippen molar-refractivity contribution in [1.82, 2.24) is 24.8 Å². The van der Waals surface area contributed by atoms with Crippen molar-refractivity contribution in [2.24, 2.45) is 4.99 Å². The number of hydrogen-bond acceptors (Lipinski definition) is 5. The fourth-order valence-electron chi connectivity index (χ4n) is 3.21. The third-order valence-corrected chi connectivity index (χ3v) is 6.08. The molecule has 0 aliphatic carbocycles. The van der Waals surface area contributed by atoms with E-state index in [1.165, 1.54) is 5.56 Å². The van der Waals surface area contributed by atoms with Gasteiger partial charge in [0.25, 0.3) is 0 Å². The Labute approximate surface area is 212 Å². The molecular weight excluding hydrogens is 535 g/mol. The van der Waals surface area contributed by atoms with Crippen molar-refractivity contribution in [3.05, 3.63) is 70.2 Å². The van der Waals surface area contributed by atoms with Gasteiger partial charge >= 0.3 is 0 Å². The van der Waals surface area contributed by atoms with Gasteiger partial charge in [-0.1, -0.05) is 30.3 Å². The molecule has 0 fully saturated rings. The number of ether oxygens (including phenoxy) is 1. The van der Waals surface area contributed by atoms with Gasteiger partial charge in [-0.2, -0.15) is 0 Å². The molecule has 0 aliphatic rings. The van der Waals surface area contributed by atoms with E-state index in [0.29, 0.717) is 13.1 Å². The van der Waals surface area contributed by atoms with E-state index in [0.717, 1.165) is 42.0 Å². The third kappa shape index (κ3) is 7.56. The van der Waals surface area contributed by atoms with Crippen LogP contribution in [0.25, 0.3) is 0 Å². The van der Waals surface area contributed by atoms with E-state index in [9.17, 15) is 0 Å². The Kier molecular flexibility index (Phi) is 11.1. The van der Waals surface area contributed by atoms with E-state index in [2.05, 4.69) is 56.3 Å². The van der Waals surface area contributed by atoms with Crippen LogP contribution in [-0.2, 0) is 30.8 Å². The lowest BCUT2D eigenvalue weighted by molar-refractivity contribution is 0.119. The summed E-state index contributed by atoms with van der Waals surface area (Å²) < 4.78 is 7.55. The van der Waals surface area contributed by atoms with Crippen molar-refractivity contribution < 1.29 is 4.74 Å². The number of methoxy groups -OCH3 is 1. The molecule has 1 unspecified atom stereocenters. The van der Waals surface area contributed by atoms with Crippen LogP contribution in [0, 0.1) is 0 Å². The maximum Gasteiger partial charge on any atom is 0.194 e. The van der Waals surface area contributed by atoms with Crippen molar-refractivity contribution in [3.63, 3.8) is 0 Å². The first kappa shape index (κ1) is 26.3. The summed E-state index contributed by atoms with van der Waals surface area (Å²) in [4.78, 5) is 16.1. The average molecular weight is 569 g/mol. The lowest BCUT2D eigenvalue weighted by Gasteiger charge is -2.21. The van der Waals surface area contributed by atoms with Gasteiger partial charge in [-0.25, -0.2) is 15.0 Å². The van der Waals surface area contributed by atoms with E-state index >= 15 is 0 Å². The van der Waals surface area contributed by atoms with Crippen LogP contribution in [0.5, 0.6) is 0 Å². The molecule has 2 heterocycles. The van der Waals surface area contributed by atoms with Crippen LogP contribution in [0.1, 0.15) is 42.0 Å². The van der Waals surface area contributed by atoms with Gasteiger partial charge in [0.1, 0.15) is 23.5 Å². The Balaban J connectivity index is 0.00000363. The minimum absolute atomic E-state index is 0. The summed E-state index contributed by atoms with van der Waals surface area (Å²) in [6, 6.07) is 10.5. The summed E-state index contributed by atoms with van der Waals surface area (Å²) in [5, 5.41) is 6.45. The molecule has 0 spiro atoms. The first-order valence-corrected chi connectivity index (χ1v) is 11.5. The number of halogens is 1. The van der Waals surface area contributed by atoms with E-state index < -0.39 is 0 Å². The molecule has 2 aromatic heterocycles. The number of hydrogen-bond donors (Lipinski definition) is 1. The van der Waals surface area contributed by atoms with E-state index in [1.54, 1.807) is 18.4 Å². The molecule has 0 aliphatic heterocycles. The molecule has 0 radical (unpaired) electrons. The second kappa shape index (κ2) is 13.5. The zero-order valence-corrected chi connectivity index (χ0v) is 22.3. The lowest BCUT2D eigenvalue weighted by Crippen LogP contribution is -2.38. The first-order chi connectivity index (χ1) is 15.1. The van der Waals surface area contributed by atoms with Crippen LogP contribution < -0.4 is 5.32 Å². The molecule has 0 bridgehead atoms. The molecule has 0 saturated carbocycles. The maximum atomic E-state index is 5.37. The largest absolute Gasteiger partial charge is 0.375 e. The highest BCUT2D eigenvalue weighted by Gasteiger charge is 2.13. The van der Waals surface area contributed by atoms with Gasteiger partial charge in [0.2, 0.25) is 0 Å². The number of imidazole rings is 1. The van der Waals surface area contributed by atoms with Crippen LogP contribution in [-0.4, -0.2) is 46.1 Å². The highest BCUT2D eigenvalue weighted by Crippen LogP contribution is 2.21. The summed E-state index contributed by atoms with van der Waals surface area (Å²) in [7, 11) is 3.74. The number of nitrogens with zero attached hydrogens (tertiary/aromatic N) is 5. The molecule has 1 N–H and O–H groups in total. The molecule has 7 nitrogen and oxygen atoms in total. The molecule has 9 heteroatoms. The minimum Gasteiger partial charge on any atom is -0.375 e. The number of benzene rings is 1. The van der Waals surface area contributed by atoms with Gasteiger partial charge in [0.15, 0.2) is 5.96 Å². The predicted octanol–water partition coefficient (Wildman–Crippen LogP) is 4.51. The Bertz CT molecular complexity index is 958. The van der Waals surface area contributed by atoms with Crippen molar-refractivity contribution in [3.8, 4) is 0 Å². The Morgan fingerprint density at radius 1 is 1.31 bits per heavy atom. The molecule has 1 atom stereocenters. The molecule has 3 aromatic rings. The standard InChI is InChI=1S/C23H32N6OS.HI/c1-5-24-23(28(3)16-20-17-31-22(27-20)18(2)30-4)26-15-21-25-12-14-29(21)13-11-19-9-7-6-8-10-19;/h6-10,12,14,17-18H,5,11,13,15-16H2,1-4H3,(H,24,26);1H. The van der Waals surface area contributed by atoms with Gasteiger partial charge in [-0.3, -0.25) is 0 Å². The Morgan fingerprint density at radius 2 is 2.09 bits per heavy atom. The zero-order valence-electron chi connectivity index (χ0n) is 19.2. The number of thiazole rings is 1. The molecule has 0 amide bonds. The number of nitrogens with one attached hydrogen (secondary N) is 1. The van der Waals surface area contributed by atoms with Gasteiger partial charge < -0.3 is 19.5 Å². The topological polar surface area (TPSA) is 67.6 Å². The van der Waals surface area contributed by atoms with E-state index in [-0.39, 0.29) is 30.1 Å². The number of aromatic nitrogens is 3. The molecule has 1 aromatic carbocycles. The maximum absolute atomic E-state index is 5.37. The summed E-state index contributed by atoms with van der Waals surface area (Å²) >= 11 is 1.63. The zero-order chi connectivity index (χ0) is 22.1. The summed E-state index contributed by atoms with van der Waals surface area (Å²) in [5.41, 5.74) is 2.34. The third-order valence-electron chi connectivity index (χ3n) is 5.02. The van der Waals surface area contributed by atoms with Crippen LogP contribution in [0.15, 0.2) is 53.1 Å². The summed E-state index contributed by atoms with van der Waals surface area (Å²) in [5.74, 6) is 1.80. The van der Waals surface area contributed by atoms with Crippen molar-refractivity contribution in [2.75, 3.05) is 20.7 Å². The van der Waals surface area contributed by atoms with Gasteiger partial charge in [0.05, 0.1) is 12.2 Å². The minimum atomic E-state index is 0. The Hall–Kier alpha value is -1.98. The molecular formula is C23H33IN6OS. The van der Waals surface area contributed by atoms with Crippen molar-refractivity contribution in [1.29, 1.82) is 0 Å². The van der Waals surface area contributed by atoms with Crippen LogP contribution in [0.3, 0.4) is 0 Å². The fraction of sp³-hybridized carbons (Fsp3) is 0.435. The normalized spacial score (nSPS) is 12.3. The molecule has 0 saturated heterocycles. The fourth-order valence-corrected chi connectivity index (χ4v) is 4.05. The van der Waals surface area contributed by atoms with E-state index in [1.807, 2.05) is 32.4 Å². The van der Waals surface area contributed by atoms with Gasteiger partial charge in [-0.15, -0.1) is 35.3 Å². The monoisotopic (exact) mass is 568 g/mol. The SMILES string of the molecule is CCNC(=NCc1nccn1CCc1ccccc1)N(C)Cc1csc(C(C)OC)n1.I. The van der Waals surface area contributed by atoms with Crippen LogP contribution in [0.2, 0.25) is 0 Å².